The Morgan fingerprint density at radius 2 is 1.96 bits per heavy atom. The Kier molecular flexibility index (Phi) is 5.19. The summed E-state index contributed by atoms with van der Waals surface area (Å²) < 4.78 is 5.33. The number of amides is 3. The fourth-order valence-corrected chi connectivity index (χ4v) is 4.07. The van der Waals surface area contributed by atoms with E-state index in [9.17, 15) is 9.59 Å². The van der Waals surface area contributed by atoms with Gasteiger partial charge in [-0.2, -0.15) is 0 Å². The van der Waals surface area contributed by atoms with Gasteiger partial charge in [-0.25, -0.2) is 4.79 Å². The molecule has 2 aromatic carbocycles. The van der Waals surface area contributed by atoms with E-state index in [2.05, 4.69) is 5.32 Å². The normalized spacial score (nSPS) is 19.2. The van der Waals surface area contributed by atoms with Crippen molar-refractivity contribution < 1.29 is 14.3 Å². The number of nitrogens with one attached hydrogen (secondary N) is 1. The number of hydrogen-bond acceptors (Lipinski definition) is 3. The zero-order valence-electron chi connectivity index (χ0n) is 16.1. The van der Waals surface area contributed by atoms with Gasteiger partial charge in [0.25, 0.3) is 0 Å². The molecule has 2 saturated heterocycles. The predicted octanol–water partition coefficient (Wildman–Crippen LogP) is 4.19. The molecule has 146 valence electrons. The van der Waals surface area contributed by atoms with Crippen molar-refractivity contribution in [2.75, 3.05) is 30.4 Å². The summed E-state index contributed by atoms with van der Waals surface area (Å²) in [6.45, 7) is 1.46. The molecule has 0 radical (unpaired) electrons. The van der Waals surface area contributed by atoms with Crippen LogP contribution in [0.25, 0.3) is 0 Å². The number of rotatable bonds is 4. The fraction of sp³-hybridized carbons (Fsp3) is 0.364. The van der Waals surface area contributed by atoms with Crippen molar-refractivity contribution in [1.29, 1.82) is 0 Å². The van der Waals surface area contributed by atoms with Crippen LogP contribution >= 0.6 is 0 Å². The molecule has 0 spiro atoms. The van der Waals surface area contributed by atoms with Crippen molar-refractivity contribution in [1.82, 2.24) is 4.90 Å². The molecule has 0 aliphatic carbocycles. The summed E-state index contributed by atoms with van der Waals surface area (Å²) in [7, 11) is 1.65. The summed E-state index contributed by atoms with van der Waals surface area (Å²) in [4.78, 5) is 28.6. The van der Waals surface area contributed by atoms with Gasteiger partial charge < -0.3 is 19.9 Å². The molecule has 6 heteroatoms. The standard InChI is InChI=1S/C22H25N3O3/c1-28-19-9-2-6-16(14-19)20-10-4-13-25(20)22(27)23-17-7-3-8-18(15-17)24-12-5-11-21(24)26/h2-3,6-9,14-15,20H,4-5,10-13H2,1H3,(H,23,27). The lowest BCUT2D eigenvalue weighted by atomic mass is 10.0. The smallest absolute Gasteiger partial charge is 0.322 e. The zero-order chi connectivity index (χ0) is 19.5. The summed E-state index contributed by atoms with van der Waals surface area (Å²) in [6, 6.07) is 15.3. The summed E-state index contributed by atoms with van der Waals surface area (Å²) in [6.07, 6.45) is 3.37. The van der Waals surface area contributed by atoms with Gasteiger partial charge in [-0.3, -0.25) is 4.79 Å². The third-order valence-electron chi connectivity index (χ3n) is 5.47. The Morgan fingerprint density at radius 1 is 1.11 bits per heavy atom. The highest BCUT2D eigenvalue weighted by atomic mass is 16.5. The van der Waals surface area contributed by atoms with Gasteiger partial charge in [0, 0.05) is 30.9 Å². The van der Waals surface area contributed by atoms with E-state index in [1.807, 2.05) is 53.4 Å². The first-order valence-electron chi connectivity index (χ1n) is 9.78. The van der Waals surface area contributed by atoms with E-state index in [1.54, 1.807) is 12.0 Å². The van der Waals surface area contributed by atoms with E-state index in [-0.39, 0.29) is 18.0 Å². The number of likely N-dealkylation sites (tertiary alicyclic amines) is 1. The van der Waals surface area contributed by atoms with Crippen LogP contribution in [-0.4, -0.2) is 37.0 Å². The zero-order valence-corrected chi connectivity index (χ0v) is 16.1. The first-order chi connectivity index (χ1) is 13.7. The summed E-state index contributed by atoms with van der Waals surface area (Å²) in [5, 5.41) is 3.01. The SMILES string of the molecule is COc1cccc(C2CCCN2C(=O)Nc2cccc(N3CCCC3=O)c2)c1. The molecule has 2 fully saturated rings. The van der Waals surface area contributed by atoms with Gasteiger partial charge in [0.2, 0.25) is 5.91 Å². The molecule has 0 aromatic heterocycles. The topological polar surface area (TPSA) is 61.9 Å². The second kappa shape index (κ2) is 7.92. The number of urea groups is 1. The van der Waals surface area contributed by atoms with Crippen molar-refractivity contribution in [3.05, 3.63) is 54.1 Å². The van der Waals surface area contributed by atoms with Gasteiger partial charge in [-0.1, -0.05) is 18.2 Å². The Labute approximate surface area is 165 Å². The third-order valence-corrected chi connectivity index (χ3v) is 5.47. The van der Waals surface area contributed by atoms with Crippen molar-refractivity contribution in [2.45, 2.75) is 31.7 Å². The Balaban J connectivity index is 1.49. The van der Waals surface area contributed by atoms with Gasteiger partial charge in [0.15, 0.2) is 0 Å². The minimum absolute atomic E-state index is 0.0402. The third kappa shape index (κ3) is 3.67. The molecule has 2 aliphatic heterocycles. The molecule has 0 bridgehead atoms. The van der Waals surface area contributed by atoms with E-state index >= 15 is 0 Å². The van der Waals surface area contributed by atoms with Crippen molar-refractivity contribution in [3.63, 3.8) is 0 Å². The largest absolute Gasteiger partial charge is 0.497 e. The summed E-state index contributed by atoms with van der Waals surface area (Å²) >= 11 is 0. The lowest BCUT2D eigenvalue weighted by Crippen LogP contribution is -2.34. The predicted molar refractivity (Wildman–Crippen MR) is 109 cm³/mol. The van der Waals surface area contributed by atoms with E-state index in [4.69, 9.17) is 4.74 Å². The first-order valence-corrected chi connectivity index (χ1v) is 9.78. The molecular formula is C22H25N3O3. The average molecular weight is 379 g/mol. The Morgan fingerprint density at radius 3 is 2.75 bits per heavy atom. The Bertz CT molecular complexity index is 883. The molecule has 2 aliphatic rings. The summed E-state index contributed by atoms with van der Waals surface area (Å²) in [5.74, 6) is 0.939. The van der Waals surface area contributed by atoms with Crippen LogP contribution in [0.4, 0.5) is 16.2 Å². The quantitative estimate of drug-likeness (QED) is 0.866. The highest BCUT2D eigenvalue weighted by Crippen LogP contribution is 2.34. The molecule has 4 rings (SSSR count). The maximum absolute atomic E-state index is 13.0. The van der Waals surface area contributed by atoms with Gasteiger partial charge in [-0.15, -0.1) is 0 Å². The van der Waals surface area contributed by atoms with Gasteiger partial charge in [-0.05, 0) is 55.2 Å². The molecule has 1 N–H and O–H groups in total. The fourth-order valence-electron chi connectivity index (χ4n) is 4.07. The average Bonchev–Trinajstić information content (AvgIpc) is 3.37. The van der Waals surface area contributed by atoms with Crippen LogP contribution < -0.4 is 15.0 Å². The molecule has 1 unspecified atom stereocenters. The number of anilines is 2. The molecule has 0 saturated carbocycles. The number of nitrogens with zero attached hydrogens (tertiary/aromatic N) is 2. The van der Waals surface area contributed by atoms with Crippen LogP contribution in [0.1, 0.15) is 37.3 Å². The number of hydrogen-bond donors (Lipinski definition) is 1. The van der Waals surface area contributed by atoms with Crippen LogP contribution in [0.5, 0.6) is 5.75 Å². The molecule has 28 heavy (non-hydrogen) atoms. The highest BCUT2D eigenvalue weighted by molar-refractivity contribution is 5.96. The van der Waals surface area contributed by atoms with Crippen LogP contribution in [0, 0.1) is 0 Å². The molecule has 2 aromatic rings. The van der Waals surface area contributed by atoms with Crippen LogP contribution in [0.3, 0.4) is 0 Å². The maximum atomic E-state index is 13.0. The Hall–Kier alpha value is -3.02. The molecular weight excluding hydrogens is 354 g/mol. The van der Waals surface area contributed by atoms with Gasteiger partial charge in [0.05, 0.1) is 13.2 Å². The van der Waals surface area contributed by atoms with Crippen molar-refractivity contribution in [2.24, 2.45) is 0 Å². The van der Waals surface area contributed by atoms with E-state index in [0.29, 0.717) is 12.1 Å². The van der Waals surface area contributed by atoms with E-state index in [1.165, 1.54) is 0 Å². The van der Waals surface area contributed by atoms with Crippen LogP contribution in [0.15, 0.2) is 48.5 Å². The minimum atomic E-state index is -0.116. The molecule has 2 heterocycles. The number of methoxy groups -OCH3 is 1. The van der Waals surface area contributed by atoms with Crippen molar-refractivity contribution in [3.8, 4) is 5.75 Å². The molecule has 1 atom stereocenters. The minimum Gasteiger partial charge on any atom is -0.497 e. The van der Waals surface area contributed by atoms with Crippen LogP contribution in [-0.2, 0) is 4.79 Å². The number of ether oxygens (including phenoxy) is 1. The number of carbonyl (C=O) groups is 2. The first kappa shape index (κ1) is 18.3. The lowest BCUT2D eigenvalue weighted by Gasteiger charge is -2.26. The van der Waals surface area contributed by atoms with E-state index < -0.39 is 0 Å². The number of carbonyl (C=O) groups excluding carboxylic acids is 2. The monoisotopic (exact) mass is 379 g/mol. The highest BCUT2D eigenvalue weighted by Gasteiger charge is 2.30. The van der Waals surface area contributed by atoms with Gasteiger partial charge in [0.1, 0.15) is 5.75 Å². The second-order valence-corrected chi connectivity index (χ2v) is 7.26. The molecule has 3 amide bonds. The number of benzene rings is 2. The van der Waals surface area contributed by atoms with Crippen LogP contribution in [0.2, 0.25) is 0 Å². The lowest BCUT2D eigenvalue weighted by molar-refractivity contribution is -0.117. The van der Waals surface area contributed by atoms with Gasteiger partial charge >= 0.3 is 6.03 Å². The summed E-state index contributed by atoms with van der Waals surface area (Å²) in [5.41, 5.74) is 2.63. The maximum Gasteiger partial charge on any atom is 0.322 e. The van der Waals surface area contributed by atoms with Crippen molar-refractivity contribution >= 4 is 23.3 Å². The second-order valence-electron chi connectivity index (χ2n) is 7.26. The molecule has 6 nitrogen and oxygen atoms in total. The van der Waals surface area contributed by atoms with E-state index in [0.717, 1.165) is 49.4 Å².